The van der Waals surface area contributed by atoms with E-state index in [-0.39, 0.29) is 6.04 Å². The van der Waals surface area contributed by atoms with Crippen LogP contribution in [0.1, 0.15) is 18.5 Å². The van der Waals surface area contributed by atoms with Crippen molar-refractivity contribution < 1.29 is 0 Å². The van der Waals surface area contributed by atoms with Gasteiger partial charge in [0.05, 0.1) is 17.8 Å². The molecule has 0 fully saturated rings. The van der Waals surface area contributed by atoms with Crippen molar-refractivity contribution in [3.05, 3.63) is 103 Å². The Morgan fingerprint density at radius 2 is 1.52 bits per heavy atom. The third-order valence-electron chi connectivity index (χ3n) is 5.13. The van der Waals surface area contributed by atoms with Gasteiger partial charge in [-0.15, -0.1) is 0 Å². The number of benzene rings is 3. The van der Waals surface area contributed by atoms with Gasteiger partial charge < -0.3 is 15.2 Å². The van der Waals surface area contributed by atoms with E-state index in [1.54, 1.807) is 6.33 Å². The number of hydrogen-bond acceptors (Lipinski definition) is 5. The summed E-state index contributed by atoms with van der Waals surface area (Å²) in [5.41, 5.74) is 3.09. The third kappa shape index (κ3) is 4.09. The average molecular weight is 406 g/mol. The Hall–Kier alpha value is -4.19. The summed E-state index contributed by atoms with van der Waals surface area (Å²) in [6, 6.07) is 28.4. The molecule has 0 unspecified atom stereocenters. The van der Waals surface area contributed by atoms with Gasteiger partial charge in [-0.3, -0.25) is 0 Å². The van der Waals surface area contributed by atoms with Crippen LogP contribution in [0.15, 0.2) is 97.5 Å². The zero-order valence-electron chi connectivity index (χ0n) is 17.1. The third-order valence-corrected chi connectivity index (χ3v) is 5.13. The van der Waals surface area contributed by atoms with E-state index >= 15 is 0 Å². The Morgan fingerprint density at radius 1 is 0.806 bits per heavy atom. The SMILES string of the molecule is C[C@H](Nc1nc(Nc2cn(-c3ccccc3)cn2)c2ccccc2n1)c1ccccc1. The lowest BCUT2D eigenvalue weighted by Crippen LogP contribution is -2.10. The molecule has 31 heavy (non-hydrogen) atoms. The van der Waals surface area contributed by atoms with Crippen molar-refractivity contribution in [2.75, 3.05) is 10.6 Å². The summed E-state index contributed by atoms with van der Waals surface area (Å²) in [6.45, 7) is 2.10. The molecule has 2 aromatic heterocycles. The van der Waals surface area contributed by atoms with Crippen LogP contribution in [0.25, 0.3) is 16.6 Å². The van der Waals surface area contributed by atoms with Crippen molar-refractivity contribution in [3.8, 4) is 5.69 Å². The van der Waals surface area contributed by atoms with E-state index in [0.717, 1.165) is 22.4 Å². The zero-order chi connectivity index (χ0) is 21.0. The molecule has 1 atom stereocenters. The van der Waals surface area contributed by atoms with Crippen molar-refractivity contribution in [2.24, 2.45) is 0 Å². The summed E-state index contributed by atoms with van der Waals surface area (Å²) in [4.78, 5) is 14.0. The van der Waals surface area contributed by atoms with Crippen molar-refractivity contribution in [1.29, 1.82) is 0 Å². The van der Waals surface area contributed by atoms with Crippen molar-refractivity contribution >= 4 is 28.5 Å². The summed E-state index contributed by atoms with van der Waals surface area (Å²) in [5, 5.41) is 7.73. The highest BCUT2D eigenvalue weighted by molar-refractivity contribution is 5.91. The fourth-order valence-electron chi connectivity index (χ4n) is 3.51. The first-order valence-corrected chi connectivity index (χ1v) is 10.2. The van der Waals surface area contributed by atoms with Crippen LogP contribution in [0.4, 0.5) is 17.6 Å². The molecule has 0 radical (unpaired) electrons. The van der Waals surface area contributed by atoms with Crippen LogP contribution in [0.2, 0.25) is 0 Å². The van der Waals surface area contributed by atoms with Crippen LogP contribution >= 0.6 is 0 Å². The molecule has 5 aromatic rings. The first-order valence-electron chi connectivity index (χ1n) is 10.2. The fourth-order valence-corrected chi connectivity index (χ4v) is 3.51. The normalized spacial score (nSPS) is 11.9. The second-order valence-corrected chi connectivity index (χ2v) is 7.32. The molecule has 6 heteroatoms. The molecule has 0 saturated heterocycles. The molecular formula is C25H22N6. The van der Waals surface area contributed by atoms with E-state index in [2.05, 4.69) is 34.7 Å². The van der Waals surface area contributed by atoms with Gasteiger partial charge in [0.1, 0.15) is 18.0 Å². The Balaban J connectivity index is 1.46. The molecule has 0 aliphatic rings. The predicted molar refractivity (Wildman–Crippen MR) is 125 cm³/mol. The van der Waals surface area contributed by atoms with Gasteiger partial charge in [-0.2, -0.15) is 4.98 Å². The molecule has 5 rings (SSSR count). The summed E-state index contributed by atoms with van der Waals surface area (Å²) >= 11 is 0. The minimum absolute atomic E-state index is 0.0764. The number of para-hydroxylation sites is 2. The van der Waals surface area contributed by atoms with E-state index in [9.17, 15) is 0 Å². The van der Waals surface area contributed by atoms with Crippen LogP contribution < -0.4 is 10.6 Å². The van der Waals surface area contributed by atoms with E-state index in [0.29, 0.717) is 11.8 Å². The molecule has 0 spiro atoms. The van der Waals surface area contributed by atoms with Crippen molar-refractivity contribution in [3.63, 3.8) is 0 Å². The maximum Gasteiger partial charge on any atom is 0.225 e. The second-order valence-electron chi connectivity index (χ2n) is 7.32. The first-order chi connectivity index (χ1) is 15.3. The minimum atomic E-state index is 0.0764. The zero-order valence-corrected chi connectivity index (χ0v) is 17.1. The number of rotatable bonds is 6. The Bertz CT molecular complexity index is 1300. The number of hydrogen-bond donors (Lipinski definition) is 2. The highest BCUT2D eigenvalue weighted by atomic mass is 15.2. The lowest BCUT2D eigenvalue weighted by molar-refractivity contribution is 0.864. The summed E-state index contributed by atoms with van der Waals surface area (Å²) in [5.74, 6) is 2.00. The lowest BCUT2D eigenvalue weighted by atomic mass is 10.1. The molecular weight excluding hydrogens is 384 g/mol. The van der Waals surface area contributed by atoms with Crippen LogP contribution in [0.3, 0.4) is 0 Å². The topological polar surface area (TPSA) is 67.7 Å². The number of aromatic nitrogens is 4. The Morgan fingerprint density at radius 3 is 2.32 bits per heavy atom. The number of nitrogens with zero attached hydrogens (tertiary/aromatic N) is 4. The van der Waals surface area contributed by atoms with E-state index < -0.39 is 0 Å². The number of fused-ring (bicyclic) bond motifs is 1. The van der Waals surface area contributed by atoms with Gasteiger partial charge in [0, 0.05) is 11.1 Å². The standard InChI is InChI=1S/C25H22N6/c1-18(19-10-4-2-5-11-19)27-25-28-22-15-9-8-14-21(22)24(30-25)29-23-16-31(17-26-23)20-12-6-3-7-13-20/h2-18H,1H3,(H2,27,28,29,30)/t18-/m0/s1. The monoisotopic (exact) mass is 406 g/mol. The van der Waals surface area contributed by atoms with Gasteiger partial charge in [-0.25, -0.2) is 9.97 Å². The van der Waals surface area contributed by atoms with Gasteiger partial charge in [-0.05, 0) is 36.8 Å². The molecule has 0 bridgehead atoms. The van der Waals surface area contributed by atoms with Crippen molar-refractivity contribution in [2.45, 2.75) is 13.0 Å². The molecule has 3 aromatic carbocycles. The van der Waals surface area contributed by atoms with Gasteiger partial charge in [-0.1, -0.05) is 60.7 Å². The maximum absolute atomic E-state index is 4.76. The van der Waals surface area contributed by atoms with Crippen LogP contribution in [-0.2, 0) is 0 Å². The molecule has 2 N–H and O–H groups in total. The fraction of sp³-hybridized carbons (Fsp3) is 0.0800. The number of nitrogens with one attached hydrogen (secondary N) is 2. The largest absolute Gasteiger partial charge is 0.348 e. The van der Waals surface area contributed by atoms with E-state index in [1.807, 2.05) is 83.6 Å². The van der Waals surface area contributed by atoms with Gasteiger partial charge in [0.25, 0.3) is 0 Å². The van der Waals surface area contributed by atoms with Crippen LogP contribution in [-0.4, -0.2) is 19.5 Å². The maximum atomic E-state index is 4.76. The van der Waals surface area contributed by atoms with Crippen LogP contribution in [0.5, 0.6) is 0 Å². The summed E-state index contributed by atoms with van der Waals surface area (Å²) < 4.78 is 1.97. The van der Waals surface area contributed by atoms with Crippen LogP contribution in [0, 0.1) is 0 Å². The molecule has 0 aliphatic carbocycles. The van der Waals surface area contributed by atoms with Gasteiger partial charge in [0.15, 0.2) is 0 Å². The highest BCUT2D eigenvalue weighted by Gasteiger charge is 2.12. The number of imidazole rings is 1. The van der Waals surface area contributed by atoms with Gasteiger partial charge >= 0.3 is 0 Å². The van der Waals surface area contributed by atoms with E-state index in [1.165, 1.54) is 5.56 Å². The Kier molecular flexibility index (Phi) is 5.02. The minimum Gasteiger partial charge on any atom is -0.348 e. The average Bonchev–Trinajstić information content (AvgIpc) is 3.29. The smallest absolute Gasteiger partial charge is 0.225 e. The Labute approximate surface area is 180 Å². The molecule has 6 nitrogen and oxygen atoms in total. The van der Waals surface area contributed by atoms with E-state index in [4.69, 9.17) is 9.97 Å². The van der Waals surface area contributed by atoms with Crippen molar-refractivity contribution in [1.82, 2.24) is 19.5 Å². The summed E-state index contributed by atoms with van der Waals surface area (Å²) in [6.07, 6.45) is 3.74. The highest BCUT2D eigenvalue weighted by Crippen LogP contribution is 2.26. The van der Waals surface area contributed by atoms with Gasteiger partial charge in [0.2, 0.25) is 5.95 Å². The first kappa shape index (κ1) is 18.8. The number of anilines is 3. The predicted octanol–water partition coefficient (Wildman–Crippen LogP) is 5.73. The second kappa shape index (κ2) is 8.28. The summed E-state index contributed by atoms with van der Waals surface area (Å²) in [7, 11) is 0. The molecule has 0 saturated carbocycles. The molecule has 2 heterocycles. The molecule has 0 aliphatic heterocycles. The quantitative estimate of drug-likeness (QED) is 0.377. The molecule has 152 valence electrons. The lowest BCUT2D eigenvalue weighted by Gasteiger charge is -2.16. The molecule has 0 amide bonds.